The van der Waals surface area contributed by atoms with E-state index >= 15 is 0 Å². The average Bonchev–Trinajstić information content (AvgIpc) is 2.16. The van der Waals surface area contributed by atoms with Crippen molar-refractivity contribution in [3.05, 3.63) is 0 Å². The molecule has 6 heteroatoms. The molecule has 15 heavy (non-hydrogen) atoms. The van der Waals surface area contributed by atoms with Gasteiger partial charge in [0.15, 0.2) is 11.3 Å². The van der Waals surface area contributed by atoms with Gasteiger partial charge >= 0.3 is 5.97 Å². The summed E-state index contributed by atoms with van der Waals surface area (Å²) in [5.74, 6) is -1.98. The second-order valence-corrected chi connectivity index (χ2v) is 3.68. The topological polar surface area (TPSA) is 132 Å². The van der Waals surface area contributed by atoms with Crippen LogP contribution in [0.5, 0.6) is 0 Å². The molecule has 6 nitrogen and oxygen atoms in total. The summed E-state index contributed by atoms with van der Waals surface area (Å²) >= 11 is 0. The van der Waals surface area contributed by atoms with Crippen LogP contribution in [0.25, 0.3) is 0 Å². The first-order valence-corrected chi connectivity index (χ1v) is 4.88. The molecule has 0 heterocycles. The molecule has 0 rings (SSSR count). The van der Waals surface area contributed by atoms with E-state index in [4.69, 9.17) is 22.3 Å². The standard InChI is InChI=1S/C9H19N3O3/c1-6(11)7(13)9(12,8(14)15)4-2-3-5-10/h6H,2-5,10-12H2,1H3,(H,14,15). The highest BCUT2D eigenvalue weighted by atomic mass is 16.4. The molecule has 2 unspecified atom stereocenters. The largest absolute Gasteiger partial charge is 0.480 e. The van der Waals surface area contributed by atoms with E-state index in [9.17, 15) is 9.59 Å². The van der Waals surface area contributed by atoms with Crippen LogP contribution < -0.4 is 17.2 Å². The monoisotopic (exact) mass is 217 g/mol. The number of carbonyl (C=O) groups is 2. The van der Waals surface area contributed by atoms with Crippen molar-refractivity contribution in [1.82, 2.24) is 0 Å². The molecule has 0 aromatic rings. The number of ketones is 1. The Kier molecular flexibility index (Phi) is 5.41. The number of carboxylic acid groups (broad SMARTS) is 1. The van der Waals surface area contributed by atoms with Gasteiger partial charge in [-0.05, 0) is 32.7 Å². The van der Waals surface area contributed by atoms with Crippen molar-refractivity contribution in [2.45, 2.75) is 37.8 Å². The Morgan fingerprint density at radius 1 is 1.40 bits per heavy atom. The Bertz CT molecular complexity index is 243. The second kappa shape index (κ2) is 5.79. The third-order valence-electron chi connectivity index (χ3n) is 2.26. The normalized spacial score (nSPS) is 16.8. The Hall–Kier alpha value is -0.980. The molecule has 7 N–H and O–H groups in total. The van der Waals surface area contributed by atoms with Gasteiger partial charge in [-0.3, -0.25) is 4.79 Å². The Labute approximate surface area is 88.8 Å². The van der Waals surface area contributed by atoms with Crippen molar-refractivity contribution in [2.75, 3.05) is 6.54 Å². The van der Waals surface area contributed by atoms with E-state index in [-0.39, 0.29) is 6.42 Å². The number of nitrogens with two attached hydrogens (primary N) is 3. The Morgan fingerprint density at radius 2 is 1.93 bits per heavy atom. The molecule has 0 radical (unpaired) electrons. The summed E-state index contributed by atoms with van der Waals surface area (Å²) in [5, 5.41) is 8.92. The van der Waals surface area contributed by atoms with Crippen LogP contribution in [0.3, 0.4) is 0 Å². The molecule has 2 atom stereocenters. The van der Waals surface area contributed by atoms with Crippen LogP contribution in [-0.2, 0) is 9.59 Å². The van der Waals surface area contributed by atoms with Crippen LogP contribution in [-0.4, -0.2) is 35.0 Å². The summed E-state index contributed by atoms with van der Waals surface area (Å²) in [6.45, 7) is 1.87. The number of carbonyl (C=O) groups excluding carboxylic acids is 1. The number of rotatable bonds is 7. The van der Waals surface area contributed by atoms with E-state index in [1.165, 1.54) is 6.92 Å². The van der Waals surface area contributed by atoms with E-state index in [1.54, 1.807) is 0 Å². The third kappa shape index (κ3) is 3.58. The van der Waals surface area contributed by atoms with E-state index in [0.29, 0.717) is 19.4 Å². The molecule has 0 aromatic carbocycles. The van der Waals surface area contributed by atoms with Crippen LogP contribution in [0.4, 0.5) is 0 Å². The predicted molar refractivity (Wildman–Crippen MR) is 56.1 cm³/mol. The summed E-state index contributed by atoms with van der Waals surface area (Å²) < 4.78 is 0. The van der Waals surface area contributed by atoms with Crippen LogP contribution in [0.15, 0.2) is 0 Å². The highest BCUT2D eigenvalue weighted by molar-refractivity contribution is 6.09. The lowest BCUT2D eigenvalue weighted by Gasteiger charge is -2.24. The van der Waals surface area contributed by atoms with Crippen molar-refractivity contribution >= 4 is 11.8 Å². The lowest BCUT2D eigenvalue weighted by molar-refractivity contribution is -0.149. The van der Waals surface area contributed by atoms with Crippen LogP contribution in [0.1, 0.15) is 26.2 Å². The van der Waals surface area contributed by atoms with Gasteiger partial charge < -0.3 is 22.3 Å². The van der Waals surface area contributed by atoms with Gasteiger partial charge in [0.05, 0.1) is 6.04 Å². The fraction of sp³-hybridized carbons (Fsp3) is 0.778. The van der Waals surface area contributed by atoms with Crippen molar-refractivity contribution in [1.29, 1.82) is 0 Å². The average molecular weight is 217 g/mol. The molecule has 0 aliphatic heterocycles. The quantitative estimate of drug-likeness (QED) is 0.313. The van der Waals surface area contributed by atoms with Gasteiger partial charge in [0.25, 0.3) is 0 Å². The molecule has 0 spiro atoms. The van der Waals surface area contributed by atoms with Gasteiger partial charge in [0, 0.05) is 0 Å². The summed E-state index contributed by atoms with van der Waals surface area (Å²) in [5.41, 5.74) is 14.3. The molecule has 0 saturated heterocycles. The highest BCUT2D eigenvalue weighted by Gasteiger charge is 2.42. The molecule has 0 fully saturated rings. The van der Waals surface area contributed by atoms with Crippen LogP contribution in [0.2, 0.25) is 0 Å². The van der Waals surface area contributed by atoms with E-state index in [2.05, 4.69) is 0 Å². The smallest absolute Gasteiger partial charge is 0.331 e. The third-order valence-corrected chi connectivity index (χ3v) is 2.26. The Balaban J connectivity index is 4.60. The summed E-state index contributed by atoms with van der Waals surface area (Å²) in [7, 11) is 0. The molecule has 88 valence electrons. The van der Waals surface area contributed by atoms with Gasteiger partial charge in [-0.1, -0.05) is 0 Å². The minimum Gasteiger partial charge on any atom is -0.480 e. The lowest BCUT2D eigenvalue weighted by atomic mass is 9.86. The first-order chi connectivity index (χ1) is 6.86. The van der Waals surface area contributed by atoms with Crippen molar-refractivity contribution < 1.29 is 14.7 Å². The highest BCUT2D eigenvalue weighted by Crippen LogP contribution is 2.14. The fourth-order valence-corrected chi connectivity index (χ4v) is 1.29. The maximum absolute atomic E-state index is 11.5. The molecule has 0 bridgehead atoms. The van der Waals surface area contributed by atoms with E-state index in [1.807, 2.05) is 0 Å². The zero-order chi connectivity index (χ0) is 12.1. The van der Waals surface area contributed by atoms with Gasteiger partial charge in [-0.25, -0.2) is 4.79 Å². The van der Waals surface area contributed by atoms with Gasteiger partial charge in [0.2, 0.25) is 0 Å². The molecule has 0 aliphatic rings. The summed E-state index contributed by atoms with van der Waals surface area (Å²) in [4.78, 5) is 22.5. The molecule has 0 saturated carbocycles. The first kappa shape index (κ1) is 14.0. The van der Waals surface area contributed by atoms with Crippen LogP contribution >= 0.6 is 0 Å². The van der Waals surface area contributed by atoms with Gasteiger partial charge in [0.1, 0.15) is 0 Å². The molecule has 0 amide bonds. The number of hydrogen-bond donors (Lipinski definition) is 4. The maximum atomic E-state index is 11.5. The molecular weight excluding hydrogens is 198 g/mol. The SMILES string of the molecule is CC(N)C(=O)C(N)(CCCCN)C(=O)O. The minimum atomic E-state index is -1.87. The lowest BCUT2D eigenvalue weighted by Crippen LogP contribution is -2.59. The van der Waals surface area contributed by atoms with Crippen LogP contribution in [0, 0.1) is 0 Å². The molecule has 0 aliphatic carbocycles. The number of unbranched alkanes of at least 4 members (excludes halogenated alkanes) is 1. The Morgan fingerprint density at radius 3 is 2.27 bits per heavy atom. The molecule has 0 aromatic heterocycles. The first-order valence-electron chi connectivity index (χ1n) is 4.88. The van der Waals surface area contributed by atoms with Gasteiger partial charge in [-0.2, -0.15) is 0 Å². The minimum absolute atomic E-state index is 0.0694. The van der Waals surface area contributed by atoms with E-state index < -0.39 is 23.3 Å². The molecular formula is C9H19N3O3. The van der Waals surface area contributed by atoms with Crippen molar-refractivity contribution in [3.8, 4) is 0 Å². The van der Waals surface area contributed by atoms with Gasteiger partial charge in [-0.15, -0.1) is 0 Å². The zero-order valence-electron chi connectivity index (χ0n) is 8.90. The number of carboxylic acids is 1. The number of hydrogen-bond acceptors (Lipinski definition) is 5. The summed E-state index contributed by atoms with van der Waals surface area (Å²) in [6.07, 6.45) is 1.20. The van der Waals surface area contributed by atoms with E-state index in [0.717, 1.165) is 0 Å². The number of Topliss-reactive ketones (excluding diaryl/α,β-unsaturated/α-hetero) is 1. The fourth-order valence-electron chi connectivity index (χ4n) is 1.29. The number of aliphatic carboxylic acids is 1. The summed E-state index contributed by atoms with van der Waals surface area (Å²) in [6, 6.07) is -0.871. The maximum Gasteiger partial charge on any atom is 0.331 e. The zero-order valence-corrected chi connectivity index (χ0v) is 8.90. The second-order valence-electron chi connectivity index (χ2n) is 3.68. The predicted octanol–water partition coefficient (Wildman–Crippen LogP) is -1.19. The van der Waals surface area contributed by atoms with Crippen molar-refractivity contribution in [2.24, 2.45) is 17.2 Å². The van der Waals surface area contributed by atoms with Crippen molar-refractivity contribution in [3.63, 3.8) is 0 Å².